The van der Waals surface area contributed by atoms with E-state index in [0.717, 1.165) is 56.3 Å². The van der Waals surface area contributed by atoms with Gasteiger partial charge in [-0.2, -0.15) is 0 Å². The summed E-state index contributed by atoms with van der Waals surface area (Å²) in [5, 5.41) is 9.61. The lowest BCUT2D eigenvalue weighted by atomic mass is 10.1. The summed E-state index contributed by atoms with van der Waals surface area (Å²) in [5.74, 6) is 0.895. The van der Waals surface area contributed by atoms with Crippen molar-refractivity contribution in [1.29, 1.82) is 0 Å². The molecule has 0 aliphatic carbocycles. The SMILES string of the molecule is Cc1cccc(CN2CCN(Cc3ccc(OCc4ccccc4)cc3)CC2CCO)n1. The third-order valence-electron chi connectivity index (χ3n) is 6.04. The molecule has 2 heterocycles. The van der Waals surface area contributed by atoms with Crippen molar-refractivity contribution in [3.8, 4) is 5.75 Å². The Balaban J connectivity index is 1.30. The van der Waals surface area contributed by atoms with Crippen molar-refractivity contribution in [2.75, 3.05) is 26.2 Å². The molecule has 168 valence electrons. The maximum Gasteiger partial charge on any atom is 0.119 e. The van der Waals surface area contributed by atoms with Gasteiger partial charge in [-0.05, 0) is 48.7 Å². The number of hydrogen-bond donors (Lipinski definition) is 1. The molecule has 0 saturated carbocycles. The normalized spacial score (nSPS) is 17.4. The van der Waals surface area contributed by atoms with Crippen LogP contribution in [0.2, 0.25) is 0 Å². The monoisotopic (exact) mass is 431 g/mol. The zero-order valence-corrected chi connectivity index (χ0v) is 18.9. The van der Waals surface area contributed by atoms with Crippen molar-refractivity contribution in [3.63, 3.8) is 0 Å². The number of pyridine rings is 1. The van der Waals surface area contributed by atoms with E-state index in [4.69, 9.17) is 4.74 Å². The largest absolute Gasteiger partial charge is 0.489 e. The van der Waals surface area contributed by atoms with Gasteiger partial charge in [-0.3, -0.25) is 14.8 Å². The Morgan fingerprint density at radius 3 is 2.47 bits per heavy atom. The fourth-order valence-corrected chi connectivity index (χ4v) is 4.32. The molecule has 5 heteroatoms. The molecule has 2 aromatic carbocycles. The third-order valence-corrected chi connectivity index (χ3v) is 6.04. The molecule has 3 aromatic rings. The van der Waals surface area contributed by atoms with Crippen LogP contribution in [0.3, 0.4) is 0 Å². The number of aliphatic hydroxyl groups is 1. The minimum atomic E-state index is 0.212. The molecule has 1 aliphatic rings. The molecular formula is C27H33N3O2. The fourth-order valence-electron chi connectivity index (χ4n) is 4.32. The lowest BCUT2D eigenvalue weighted by molar-refractivity contribution is 0.0491. The van der Waals surface area contributed by atoms with E-state index in [-0.39, 0.29) is 6.61 Å². The topological polar surface area (TPSA) is 48.8 Å². The summed E-state index contributed by atoms with van der Waals surface area (Å²) >= 11 is 0. The molecule has 5 nitrogen and oxygen atoms in total. The van der Waals surface area contributed by atoms with Gasteiger partial charge < -0.3 is 9.84 Å². The van der Waals surface area contributed by atoms with Gasteiger partial charge in [-0.25, -0.2) is 0 Å². The molecule has 1 aliphatic heterocycles. The van der Waals surface area contributed by atoms with Crippen molar-refractivity contribution in [2.45, 2.75) is 39.1 Å². The average Bonchev–Trinajstić information content (AvgIpc) is 2.81. The highest BCUT2D eigenvalue weighted by Gasteiger charge is 2.27. The Kier molecular flexibility index (Phi) is 7.88. The molecule has 0 bridgehead atoms. The maximum absolute atomic E-state index is 9.61. The van der Waals surface area contributed by atoms with Gasteiger partial charge in [-0.1, -0.05) is 48.5 Å². The summed E-state index contributed by atoms with van der Waals surface area (Å²) in [6.07, 6.45) is 0.786. The third kappa shape index (κ3) is 6.39. The van der Waals surface area contributed by atoms with Crippen LogP contribution < -0.4 is 4.74 Å². The summed E-state index contributed by atoms with van der Waals surface area (Å²) < 4.78 is 5.91. The second kappa shape index (κ2) is 11.2. The lowest BCUT2D eigenvalue weighted by Crippen LogP contribution is -2.52. The number of aryl methyl sites for hydroxylation is 1. The van der Waals surface area contributed by atoms with E-state index >= 15 is 0 Å². The Hall–Kier alpha value is -2.73. The first-order valence-electron chi connectivity index (χ1n) is 11.4. The van der Waals surface area contributed by atoms with E-state index in [2.05, 4.69) is 63.3 Å². The molecule has 1 atom stereocenters. The van der Waals surface area contributed by atoms with Gasteiger partial charge in [-0.15, -0.1) is 0 Å². The molecule has 4 rings (SSSR count). The van der Waals surface area contributed by atoms with Crippen LogP contribution in [0, 0.1) is 6.92 Å². The molecule has 1 aromatic heterocycles. The van der Waals surface area contributed by atoms with Crippen LogP contribution in [-0.2, 0) is 19.7 Å². The molecule has 0 spiro atoms. The highest BCUT2D eigenvalue weighted by molar-refractivity contribution is 5.28. The fraction of sp³-hybridized carbons (Fsp3) is 0.370. The standard InChI is InChI=1S/C27H33N3O2/c1-22-6-5-9-25(28-22)19-30-16-15-29(20-26(30)14-17-31)18-23-10-12-27(13-11-23)32-21-24-7-3-2-4-8-24/h2-13,26,31H,14-21H2,1H3. The van der Waals surface area contributed by atoms with Gasteiger partial charge in [0.15, 0.2) is 0 Å². The summed E-state index contributed by atoms with van der Waals surface area (Å²) in [4.78, 5) is 9.62. The second-order valence-electron chi connectivity index (χ2n) is 8.56. The maximum atomic E-state index is 9.61. The predicted molar refractivity (Wildman–Crippen MR) is 127 cm³/mol. The van der Waals surface area contributed by atoms with E-state index < -0.39 is 0 Å². The van der Waals surface area contributed by atoms with Crippen LogP contribution in [0.4, 0.5) is 0 Å². The summed E-state index contributed by atoms with van der Waals surface area (Å²) in [6, 6.07) is 25.2. The summed E-state index contributed by atoms with van der Waals surface area (Å²) in [7, 11) is 0. The molecule has 1 unspecified atom stereocenters. The van der Waals surface area contributed by atoms with Crippen molar-refractivity contribution in [2.24, 2.45) is 0 Å². The number of aromatic nitrogens is 1. The average molecular weight is 432 g/mol. The Morgan fingerprint density at radius 2 is 1.72 bits per heavy atom. The molecule has 0 amide bonds. The quantitative estimate of drug-likeness (QED) is 0.554. The first-order chi connectivity index (χ1) is 15.7. The number of hydrogen-bond acceptors (Lipinski definition) is 5. The molecular weight excluding hydrogens is 398 g/mol. The minimum Gasteiger partial charge on any atom is -0.489 e. The van der Waals surface area contributed by atoms with E-state index in [1.54, 1.807) is 0 Å². The van der Waals surface area contributed by atoms with Gasteiger partial charge >= 0.3 is 0 Å². The number of rotatable bonds is 9. The molecule has 1 saturated heterocycles. The molecule has 1 fully saturated rings. The van der Waals surface area contributed by atoms with Gasteiger partial charge in [0.25, 0.3) is 0 Å². The zero-order valence-electron chi connectivity index (χ0n) is 18.9. The highest BCUT2D eigenvalue weighted by atomic mass is 16.5. The number of ether oxygens (including phenoxy) is 1. The van der Waals surface area contributed by atoms with Crippen molar-refractivity contribution < 1.29 is 9.84 Å². The Morgan fingerprint density at radius 1 is 0.906 bits per heavy atom. The predicted octanol–water partition coefficient (Wildman–Crippen LogP) is 4.04. The van der Waals surface area contributed by atoms with E-state index in [1.165, 1.54) is 11.1 Å². The van der Waals surface area contributed by atoms with Crippen LogP contribution in [0.25, 0.3) is 0 Å². The van der Waals surface area contributed by atoms with Crippen molar-refractivity contribution in [3.05, 3.63) is 95.3 Å². The number of aliphatic hydroxyl groups excluding tert-OH is 1. The molecule has 1 N–H and O–H groups in total. The number of piperazine rings is 1. The van der Waals surface area contributed by atoms with Crippen LogP contribution in [0.5, 0.6) is 5.75 Å². The number of nitrogens with zero attached hydrogens (tertiary/aromatic N) is 3. The van der Waals surface area contributed by atoms with Crippen LogP contribution in [0.1, 0.15) is 28.9 Å². The van der Waals surface area contributed by atoms with E-state index in [1.807, 2.05) is 31.2 Å². The van der Waals surface area contributed by atoms with E-state index in [9.17, 15) is 5.11 Å². The zero-order chi connectivity index (χ0) is 22.2. The van der Waals surface area contributed by atoms with Gasteiger partial charge in [0.05, 0.1) is 5.69 Å². The first kappa shape index (κ1) is 22.5. The first-order valence-corrected chi connectivity index (χ1v) is 11.4. The van der Waals surface area contributed by atoms with Gasteiger partial charge in [0, 0.05) is 51.1 Å². The summed E-state index contributed by atoms with van der Waals surface area (Å²) in [6.45, 7) is 7.54. The second-order valence-corrected chi connectivity index (χ2v) is 8.56. The van der Waals surface area contributed by atoms with Gasteiger partial charge in [0.1, 0.15) is 12.4 Å². The van der Waals surface area contributed by atoms with E-state index in [0.29, 0.717) is 12.6 Å². The Labute approximate surface area is 191 Å². The summed E-state index contributed by atoms with van der Waals surface area (Å²) in [5.41, 5.74) is 4.61. The van der Waals surface area contributed by atoms with Crippen LogP contribution in [-0.4, -0.2) is 52.2 Å². The molecule has 0 radical (unpaired) electrons. The van der Waals surface area contributed by atoms with Crippen LogP contribution in [0.15, 0.2) is 72.8 Å². The Bertz CT molecular complexity index is 962. The van der Waals surface area contributed by atoms with Crippen molar-refractivity contribution in [1.82, 2.24) is 14.8 Å². The number of benzene rings is 2. The minimum absolute atomic E-state index is 0.212. The lowest BCUT2D eigenvalue weighted by Gasteiger charge is -2.41. The smallest absolute Gasteiger partial charge is 0.119 e. The molecule has 32 heavy (non-hydrogen) atoms. The van der Waals surface area contributed by atoms with Crippen LogP contribution >= 0.6 is 0 Å². The highest BCUT2D eigenvalue weighted by Crippen LogP contribution is 2.20. The van der Waals surface area contributed by atoms with Gasteiger partial charge in [0.2, 0.25) is 0 Å². The van der Waals surface area contributed by atoms with Crippen molar-refractivity contribution >= 4 is 0 Å².